The van der Waals surface area contributed by atoms with E-state index in [-0.39, 0.29) is 11.8 Å². The second-order valence-electron chi connectivity index (χ2n) is 9.87. The van der Waals surface area contributed by atoms with Gasteiger partial charge in [0.1, 0.15) is 28.9 Å². The number of imidazole rings is 1. The van der Waals surface area contributed by atoms with Gasteiger partial charge in [-0.25, -0.2) is 14.6 Å². The van der Waals surface area contributed by atoms with Crippen molar-refractivity contribution in [3.8, 4) is 34.3 Å². The van der Waals surface area contributed by atoms with Gasteiger partial charge >= 0.3 is 0 Å². The van der Waals surface area contributed by atoms with E-state index in [0.717, 1.165) is 51.9 Å². The predicted molar refractivity (Wildman–Crippen MR) is 146 cm³/mol. The van der Waals surface area contributed by atoms with Crippen molar-refractivity contribution in [2.45, 2.75) is 32.1 Å². The molecule has 0 saturated carbocycles. The second-order valence-corrected chi connectivity index (χ2v) is 9.87. The van der Waals surface area contributed by atoms with Gasteiger partial charge in [0.15, 0.2) is 0 Å². The van der Waals surface area contributed by atoms with E-state index in [1.165, 1.54) is 0 Å². The first-order valence-corrected chi connectivity index (χ1v) is 13.0. The third kappa shape index (κ3) is 4.41. The van der Waals surface area contributed by atoms with Crippen molar-refractivity contribution >= 4 is 11.7 Å². The first-order chi connectivity index (χ1) is 19.1. The number of aromatic nitrogens is 5. The summed E-state index contributed by atoms with van der Waals surface area (Å²) in [5, 5.41) is 7.51. The summed E-state index contributed by atoms with van der Waals surface area (Å²) < 4.78 is 14.3. The van der Waals surface area contributed by atoms with Gasteiger partial charge in [-0.2, -0.15) is 5.10 Å². The second kappa shape index (κ2) is 9.43. The van der Waals surface area contributed by atoms with Crippen molar-refractivity contribution in [2.24, 2.45) is 0 Å². The highest BCUT2D eigenvalue weighted by Gasteiger charge is 2.26. The number of amides is 1. The predicted octanol–water partition coefficient (Wildman–Crippen LogP) is 5.36. The van der Waals surface area contributed by atoms with Gasteiger partial charge in [-0.15, -0.1) is 0 Å². The molecule has 2 aromatic carbocycles. The van der Waals surface area contributed by atoms with Crippen molar-refractivity contribution in [1.82, 2.24) is 24.7 Å². The summed E-state index contributed by atoms with van der Waals surface area (Å²) >= 11 is 0. The van der Waals surface area contributed by atoms with E-state index in [4.69, 9.17) is 14.5 Å². The summed E-state index contributed by atoms with van der Waals surface area (Å²) in [6.07, 6.45) is 5.30. The molecule has 2 aliphatic heterocycles. The number of fused-ring (bicyclic) bond motifs is 2. The molecule has 3 aromatic heterocycles. The molecule has 7 rings (SSSR count). The average molecular weight is 519 g/mol. The summed E-state index contributed by atoms with van der Waals surface area (Å²) in [4.78, 5) is 24.3. The maximum atomic E-state index is 11.8. The molecule has 0 radical (unpaired) electrons. The monoisotopic (exact) mass is 518 g/mol. The molecule has 0 spiro atoms. The number of carbonyl (C=O) groups is 1. The average Bonchev–Trinajstić information content (AvgIpc) is 3.60. The van der Waals surface area contributed by atoms with Crippen LogP contribution >= 0.6 is 0 Å². The van der Waals surface area contributed by atoms with E-state index < -0.39 is 0 Å². The highest BCUT2D eigenvalue weighted by molar-refractivity contribution is 5.93. The van der Waals surface area contributed by atoms with Crippen molar-refractivity contribution < 1.29 is 14.3 Å². The molecular formula is C30H26N6O3. The lowest BCUT2D eigenvalue weighted by atomic mass is 9.96. The van der Waals surface area contributed by atoms with Gasteiger partial charge in [0.25, 0.3) is 0 Å². The number of nitrogens with zero attached hydrogens (tertiary/aromatic N) is 4. The van der Waals surface area contributed by atoms with Gasteiger partial charge in [0.05, 0.1) is 41.5 Å². The lowest BCUT2D eigenvalue weighted by Crippen LogP contribution is -2.20. The van der Waals surface area contributed by atoms with Crippen LogP contribution in [-0.4, -0.2) is 37.2 Å². The summed E-state index contributed by atoms with van der Waals surface area (Å²) in [6.45, 7) is 2.53. The van der Waals surface area contributed by atoms with Gasteiger partial charge in [0, 0.05) is 18.2 Å². The number of carbonyl (C=O) groups excluding carboxylic acids is 1. The number of hydrogen-bond donors (Lipinski definition) is 2. The van der Waals surface area contributed by atoms with E-state index in [1.807, 2.05) is 72.4 Å². The summed E-state index contributed by atoms with van der Waals surface area (Å²) in [6, 6.07) is 19.9. The van der Waals surface area contributed by atoms with Crippen molar-refractivity contribution in [2.75, 3.05) is 11.9 Å². The molecule has 0 fully saturated rings. The SMILES string of the molecule is Cc1cc(-c2cnc(C3COc4ccc(Oc5ccnc6c5CCC(=O)N6)cc4C3)[nH]2)n(-c2ccccc2)n1. The molecule has 194 valence electrons. The fourth-order valence-corrected chi connectivity index (χ4v) is 5.22. The van der Waals surface area contributed by atoms with Crippen LogP contribution in [0.5, 0.6) is 17.2 Å². The van der Waals surface area contributed by atoms with Crippen molar-refractivity contribution in [3.05, 3.63) is 95.7 Å². The first-order valence-electron chi connectivity index (χ1n) is 13.0. The number of benzene rings is 2. The van der Waals surface area contributed by atoms with Gasteiger partial charge in [-0.3, -0.25) is 4.79 Å². The molecule has 5 aromatic rings. The Hall–Kier alpha value is -4.92. The number of aromatic amines is 1. The minimum Gasteiger partial charge on any atom is -0.493 e. The van der Waals surface area contributed by atoms with Crippen LogP contribution in [0.1, 0.15) is 35.0 Å². The Bertz CT molecular complexity index is 1690. The molecule has 9 nitrogen and oxygen atoms in total. The molecular weight excluding hydrogens is 492 g/mol. The number of ether oxygens (including phenoxy) is 2. The van der Waals surface area contributed by atoms with Gasteiger partial charge in [-0.05, 0) is 67.8 Å². The number of para-hydroxylation sites is 1. The number of rotatable bonds is 5. The third-order valence-corrected chi connectivity index (χ3v) is 7.13. The Morgan fingerprint density at radius 3 is 2.85 bits per heavy atom. The standard InChI is InChI=1S/C30H26N6O3/c1-18-13-25(36(35-18)21-5-3-2-4-6-21)24-16-32-29(33-24)20-14-19-15-22(7-9-26(19)38-17-20)39-27-11-12-31-30-23(27)8-10-28(37)34-30/h2-7,9,11-13,15-16,20H,8,10,14,17H2,1H3,(H,32,33)(H,31,34,37). The highest BCUT2D eigenvalue weighted by Crippen LogP contribution is 2.38. The van der Waals surface area contributed by atoms with Crippen LogP contribution in [-0.2, 0) is 17.6 Å². The fourth-order valence-electron chi connectivity index (χ4n) is 5.22. The quantitative estimate of drug-likeness (QED) is 0.324. The van der Waals surface area contributed by atoms with Crippen LogP contribution in [0, 0.1) is 6.92 Å². The van der Waals surface area contributed by atoms with E-state index in [9.17, 15) is 4.79 Å². The van der Waals surface area contributed by atoms with Gasteiger partial charge in [-0.1, -0.05) is 18.2 Å². The number of hydrogen-bond acceptors (Lipinski definition) is 6. The number of anilines is 1. The molecule has 39 heavy (non-hydrogen) atoms. The van der Waals surface area contributed by atoms with Crippen LogP contribution in [0.25, 0.3) is 17.1 Å². The van der Waals surface area contributed by atoms with Crippen molar-refractivity contribution in [1.29, 1.82) is 0 Å². The molecule has 5 heterocycles. The molecule has 1 atom stereocenters. The van der Waals surface area contributed by atoms with Crippen molar-refractivity contribution in [3.63, 3.8) is 0 Å². The largest absolute Gasteiger partial charge is 0.493 e. The van der Waals surface area contributed by atoms with Crippen LogP contribution in [0.4, 0.5) is 5.82 Å². The third-order valence-electron chi connectivity index (χ3n) is 7.13. The maximum absolute atomic E-state index is 11.8. The normalized spacial score (nSPS) is 16.1. The van der Waals surface area contributed by atoms with Crippen LogP contribution < -0.4 is 14.8 Å². The first kappa shape index (κ1) is 23.2. The Labute approximate surface area is 224 Å². The van der Waals surface area contributed by atoms with Crippen LogP contribution in [0.2, 0.25) is 0 Å². The van der Waals surface area contributed by atoms with E-state index in [2.05, 4.69) is 26.4 Å². The molecule has 0 bridgehead atoms. The van der Waals surface area contributed by atoms with Crippen LogP contribution in [0.15, 0.2) is 73.1 Å². The smallest absolute Gasteiger partial charge is 0.225 e. The zero-order valence-corrected chi connectivity index (χ0v) is 21.3. The highest BCUT2D eigenvalue weighted by atomic mass is 16.5. The van der Waals surface area contributed by atoms with E-state index in [0.29, 0.717) is 36.8 Å². The van der Waals surface area contributed by atoms with E-state index >= 15 is 0 Å². The molecule has 0 saturated heterocycles. The Balaban J connectivity index is 1.13. The lowest BCUT2D eigenvalue weighted by molar-refractivity contribution is -0.116. The Morgan fingerprint density at radius 2 is 1.95 bits per heavy atom. The minimum absolute atomic E-state index is 0.0233. The Morgan fingerprint density at radius 1 is 1.05 bits per heavy atom. The number of pyridine rings is 1. The number of H-pyrrole nitrogens is 1. The summed E-state index contributed by atoms with van der Waals surface area (Å²) in [7, 11) is 0. The summed E-state index contributed by atoms with van der Waals surface area (Å²) in [5.41, 5.74) is 5.77. The molecule has 2 N–H and O–H groups in total. The number of nitrogens with one attached hydrogen (secondary N) is 2. The zero-order chi connectivity index (χ0) is 26.3. The fraction of sp³-hybridized carbons (Fsp3) is 0.200. The topological polar surface area (TPSA) is 107 Å². The molecule has 9 heteroatoms. The number of aryl methyl sites for hydroxylation is 1. The minimum atomic E-state index is -0.0233. The maximum Gasteiger partial charge on any atom is 0.225 e. The molecule has 1 amide bonds. The molecule has 1 unspecified atom stereocenters. The van der Waals surface area contributed by atoms with Gasteiger partial charge in [0.2, 0.25) is 5.91 Å². The lowest BCUT2D eigenvalue weighted by Gasteiger charge is -2.25. The molecule has 0 aliphatic carbocycles. The van der Waals surface area contributed by atoms with Gasteiger partial charge < -0.3 is 19.8 Å². The summed E-state index contributed by atoms with van der Waals surface area (Å²) in [5.74, 6) is 3.76. The molecule has 2 aliphatic rings. The Kier molecular flexibility index (Phi) is 5.61. The zero-order valence-electron chi connectivity index (χ0n) is 21.3. The van der Waals surface area contributed by atoms with E-state index in [1.54, 1.807) is 6.20 Å². The van der Waals surface area contributed by atoms with Crippen LogP contribution in [0.3, 0.4) is 0 Å².